The molecular weight excluding hydrogens is 348 g/mol. The Morgan fingerprint density at radius 3 is 2.41 bits per heavy atom. The van der Waals surface area contributed by atoms with Gasteiger partial charge in [0, 0.05) is 29.5 Å². The van der Waals surface area contributed by atoms with Crippen LogP contribution in [0.5, 0.6) is 11.5 Å². The van der Waals surface area contributed by atoms with E-state index in [0.29, 0.717) is 43.4 Å². The lowest BCUT2D eigenvalue weighted by Gasteiger charge is -2.24. The van der Waals surface area contributed by atoms with Gasteiger partial charge in [-0.3, -0.25) is 9.59 Å². The second-order valence-electron chi connectivity index (χ2n) is 6.43. The van der Waals surface area contributed by atoms with Crippen LogP contribution < -0.4 is 14.9 Å². The zero-order chi connectivity index (χ0) is 19.4. The second-order valence-corrected chi connectivity index (χ2v) is 6.43. The van der Waals surface area contributed by atoms with Gasteiger partial charge in [-0.2, -0.15) is 0 Å². The van der Waals surface area contributed by atoms with Gasteiger partial charge in [-0.15, -0.1) is 4.91 Å². The van der Waals surface area contributed by atoms with Gasteiger partial charge in [-0.1, -0.05) is 13.8 Å². The molecule has 27 heavy (non-hydrogen) atoms. The molecule has 3 rings (SSSR count). The van der Waals surface area contributed by atoms with Gasteiger partial charge in [0.15, 0.2) is 16.9 Å². The summed E-state index contributed by atoms with van der Waals surface area (Å²) in [6.07, 6.45) is 3.89. The van der Waals surface area contributed by atoms with E-state index in [1.165, 1.54) is 12.3 Å². The van der Waals surface area contributed by atoms with Gasteiger partial charge in [0.25, 0.3) is 0 Å². The number of aromatic nitrogens is 1. The maximum atomic E-state index is 12.3. The maximum Gasteiger partial charge on any atom is 0.322 e. The van der Waals surface area contributed by atoms with E-state index >= 15 is 0 Å². The van der Waals surface area contributed by atoms with Crippen molar-refractivity contribution in [2.24, 2.45) is 5.18 Å². The van der Waals surface area contributed by atoms with E-state index in [-0.39, 0.29) is 5.56 Å². The first-order valence-corrected chi connectivity index (χ1v) is 9.14. The fraction of sp³-hybridized carbons (Fsp3) is 0.400. The van der Waals surface area contributed by atoms with Crippen molar-refractivity contribution in [1.82, 2.24) is 4.57 Å². The normalized spacial score (nSPS) is 12.1. The first-order chi connectivity index (χ1) is 13.1. The summed E-state index contributed by atoms with van der Waals surface area (Å²) in [7, 11) is 0. The Balaban J connectivity index is 2.09. The van der Waals surface area contributed by atoms with Crippen molar-refractivity contribution in [3.63, 3.8) is 0 Å². The number of benzene rings is 1. The van der Waals surface area contributed by atoms with Crippen LogP contribution in [0.4, 0.5) is 0 Å². The van der Waals surface area contributed by atoms with Crippen molar-refractivity contribution in [1.29, 1.82) is 0 Å². The molecule has 1 aromatic carbocycles. The molecule has 0 atom stereocenters. The Labute approximate surface area is 156 Å². The minimum absolute atomic E-state index is 0.206. The molecule has 0 saturated carbocycles. The van der Waals surface area contributed by atoms with Gasteiger partial charge < -0.3 is 14.0 Å². The van der Waals surface area contributed by atoms with Crippen molar-refractivity contribution < 1.29 is 14.3 Å². The van der Waals surface area contributed by atoms with Crippen LogP contribution in [0.15, 0.2) is 34.4 Å². The minimum Gasteiger partial charge on any atom is -0.490 e. The Hall–Kier alpha value is -2.96. The monoisotopic (exact) mass is 370 g/mol. The summed E-state index contributed by atoms with van der Waals surface area (Å²) in [6, 6.07) is 5.24. The molecule has 1 aliphatic heterocycles. The summed E-state index contributed by atoms with van der Waals surface area (Å²) in [4.78, 5) is 34.3. The zero-order valence-corrected chi connectivity index (χ0v) is 15.5. The van der Waals surface area contributed by atoms with Crippen LogP contribution in [0.25, 0.3) is 11.3 Å². The summed E-state index contributed by atoms with van der Waals surface area (Å²) in [6.45, 7) is 5.82. The molecular formula is C20H22N2O5. The quantitative estimate of drug-likeness (QED) is 0.696. The van der Waals surface area contributed by atoms with Crippen molar-refractivity contribution in [2.45, 2.75) is 39.7 Å². The van der Waals surface area contributed by atoms with Crippen LogP contribution >= 0.6 is 0 Å². The number of hydrogen-bond donors (Lipinski definition) is 0. The van der Waals surface area contributed by atoms with Crippen LogP contribution in [0, 0.1) is 4.91 Å². The van der Waals surface area contributed by atoms with Crippen LogP contribution in [0.3, 0.4) is 0 Å². The van der Waals surface area contributed by atoms with Gasteiger partial charge in [0.1, 0.15) is 5.56 Å². The molecule has 0 N–H and O–H groups in total. The predicted molar refractivity (Wildman–Crippen MR) is 102 cm³/mol. The predicted octanol–water partition coefficient (Wildman–Crippen LogP) is 3.56. The molecule has 142 valence electrons. The lowest BCUT2D eigenvalue weighted by Crippen LogP contribution is -2.21. The van der Waals surface area contributed by atoms with Crippen molar-refractivity contribution in [3.8, 4) is 22.8 Å². The van der Waals surface area contributed by atoms with Gasteiger partial charge in [0.2, 0.25) is 0 Å². The van der Waals surface area contributed by atoms with E-state index in [4.69, 9.17) is 9.47 Å². The summed E-state index contributed by atoms with van der Waals surface area (Å²) in [5, 5.41) is 2.36. The molecule has 0 fully saturated rings. The number of fused-ring (bicyclic) bond motifs is 3. The Bertz CT molecular complexity index is 933. The number of pyridine rings is 1. The maximum absolute atomic E-state index is 12.3. The van der Waals surface area contributed by atoms with Crippen LogP contribution in [0.2, 0.25) is 0 Å². The van der Waals surface area contributed by atoms with E-state index in [0.717, 1.165) is 24.0 Å². The summed E-state index contributed by atoms with van der Waals surface area (Å²) in [5.74, 6) is 0.299. The highest BCUT2D eigenvalue weighted by Crippen LogP contribution is 2.38. The molecule has 0 bridgehead atoms. The minimum atomic E-state index is -1.05. The molecule has 7 heteroatoms. The number of rotatable bonds is 7. The molecule has 0 unspecified atom stereocenters. The fourth-order valence-corrected chi connectivity index (χ4v) is 3.14. The highest BCUT2D eigenvalue weighted by Gasteiger charge is 2.22. The third kappa shape index (κ3) is 3.77. The third-order valence-corrected chi connectivity index (χ3v) is 4.43. The number of nitrogens with zero attached hydrogens (tertiary/aromatic N) is 2. The molecule has 2 heterocycles. The lowest BCUT2D eigenvalue weighted by molar-refractivity contribution is 0.0999. The van der Waals surface area contributed by atoms with Gasteiger partial charge >= 0.3 is 5.91 Å². The third-order valence-electron chi connectivity index (χ3n) is 4.43. The molecule has 0 aliphatic carbocycles. The number of nitroso groups, excluding NO2 is 1. The molecule has 1 aliphatic rings. The number of aryl methyl sites for hydroxylation is 2. The van der Waals surface area contributed by atoms with Crippen LogP contribution in [-0.4, -0.2) is 23.7 Å². The molecule has 1 aromatic heterocycles. The first kappa shape index (κ1) is 18.8. The fourth-order valence-electron chi connectivity index (χ4n) is 3.14. The number of carbonyl (C=O) groups excluding carboxylic acids is 1. The Morgan fingerprint density at radius 1 is 1.11 bits per heavy atom. The average Bonchev–Trinajstić information content (AvgIpc) is 2.69. The van der Waals surface area contributed by atoms with E-state index in [2.05, 4.69) is 5.18 Å². The molecule has 0 radical (unpaired) electrons. The summed E-state index contributed by atoms with van der Waals surface area (Å²) >= 11 is 0. The summed E-state index contributed by atoms with van der Waals surface area (Å²) in [5.41, 5.74) is 1.89. The lowest BCUT2D eigenvalue weighted by atomic mass is 9.96. The largest absolute Gasteiger partial charge is 0.490 e. The summed E-state index contributed by atoms with van der Waals surface area (Å²) < 4.78 is 13.5. The molecule has 0 spiro atoms. The SMILES string of the molecule is CCCOc1cc2c(cc1OCCC)-c1cc(=O)c(C(=O)N=O)cn1CC2. The van der Waals surface area contributed by atoms with E-state index in [9.17, 15) is 14.5 Å². The van der Waals surface area contributed by atoms with E-state index in [1.54, 1.807) is 4.57 Å². The van der Waals surface area contributed by atoms with Crippen molar-refractivity contribution >= 4 is 5.91 Å². The highest BCUT2D eigenvalue weighted by molar-refractivity contribution is 5.94. The van der Waals surface area contributed by atoms with Gasteiger partial charge in [-0.25, -0.2) is 0 Å². The molecule has 0 saturated heterocycles. The Kier molecular flexibility index (Phi) is 5.69. The van der Waals surface area contributed by atoms with Crippen LogP contribution in [-0.2, 0) is 13.0 Å². The highest BCUT2D eigenvalue weighted by atomic mass is 16.5. The topological polar surface area (TPSA) is 87.0 Å². The van der Waals surface area contributed by atoms with Gasteiger partial charge in [-0.05, 0) is 37.0 Å². The molecule has 2 aromatic rings. The van der Waals surface area contributed by atoms with E-state index in [1.807, 2.05) is 26.0 Å². The smallest absolute Gasteiger partial charge is 0.322 e. The first-order valence-electron chi connectivity index (χ1n) is 9.14. The molecule has 1 amide bonds. The van der Waals surface area contributed by atoms with Crippen molar-refractivity contribution in [3.05, 3.63) is 50.7 Å². The van der Waals surface area contributed by atoms with E-state index < -0.39 is 11.3 Å². The molecule has 7 nitrogen and oxygen atoms in total. The standard InChI is InChI=1S/C20H22N2O5/c1-3-7-26-18-9-13-5-6-22-12-15(20(24)21-25)17(23)11-16(22)14(13)10-19(18)27-8-4-2/h9-12H,3-8H2,1-2H3. The van der Waals surface area contributed by atoms with Gasteiger partial charge in [0.05, 0.1) is 18.9 Å². The zero-order valence-electron chi connectivity index (χ0n) is 15.5. The number of amides is 1. The van der Waals surface area contributed by atoms with Crippen LogP contribution in [0.1, 0.15) is 42.6 Å². The number of hydrogen-bond acceptors (Lipinski definition) is 5. The number of ether oxygens (including phenoxy) is 2. The second kappa shape index (κ2) is 8.16. The Morgan fingerprint density at radius 2 is 1.78 bits per heavy atom. The number of carbonyl (C=O) groups is 1. The average molecular weight is 370 g/mol. The van der Waals surface area contributed by atoms with Crippen molar-refractivity contribution in [2.75, 3.05) is 13.2 Å².